The molecular formula is C31H23Cl2N3OS. The molecule has 0 atom stereocenters. The first-order valence-corrected chi connectivity index (χ1v) is 13.5. The van der Waals surface area contributed by atoms with E-state index < -0.39 is 0 Å². The lowest BCUT2D eigenvalue weighted by atomic mass is 9.98. The van der Waals surface area contributed by atoms with Crippen LogP contribution >= 0.6 is 35.1 Å². The molecule has 0 unspecified atom stereocenters. The Morgan fingerprint density at radius 3 is 2.03 bits per heavy atom. The molecule has 7 heteroatoms. The number of benzene rings is 4. The molecule has 38 heavy (non-hydrogen) atoms. The predicted octanol–water partition coefficient (Wildman–Crippen LogP) is 8.95. The van der Waals surface area contributed by atoms with Crippen molar-refractivity contribution in [3.05, 3.63) is 137 Å². The van der Waals surface area contributed by atoms with Crippen molar-refractivity contribution in [2.24, 2.45) is 4.99 Å². The lowest BCUT2D eigenvalue weighted by Crippen LogP contribution is -2.23. The van der Waals surface area contributed by atoms with E-state index >= 15 is 0 Å². The Labute approximate surface area is 236 Å². The maximum Gasteiger partial charge on any atom is 0.301 e. The Balaban J connectivity index is 1.45. The summed E-state index contributed by atoms with van der Waals surface area (Å²) in [6.45, 7) is 0.374. The molecular weight excluding hydrogens is 533 g/mol. The molecule has 0 spiro atoms. The molecule has 1 aromatic heterocycles. The highest BCUT2D eigenvalue weighted by molar-refractivity contribution is 7.98. The summed E-state index contributed by atoms with van der Waals surface area (Å²) in [5, 5.41) is 1.36. The minimum absolute atomic E-state index is 0.374. The van der Waals surface area contributed by atoms with Crippen molar-refractivity contribution in [2.45, 2.75) is 11.4 Å². The van der Waals surface area contributed by atoms with Gasteiger partial charge in [-0.25, -0.2) is 4.99 Å². The summed E-state index contributed by atoms with van der Waals surface area (Å²) in [4.78, 5) is 10.6. The second-order valence-corrected chi connectivity index (χ2v) is 10.1. The van der Waals surface area contributed by atoms with Crippen molar-refractivity contribution < 1.29 is 4.74 Å². The van der Waals surface area contributed by atoms with Gasteiger partial charge in [0.1, 0.15) is 5.75 Å². The number of rotatable bonds is 7. The van der Waals surface area contributed by atoms with Gasteiger partial charge in [-0.2, -0.15) is 0 Å². The topological polar surface area (TPSA) is 46.5 Å². The van der Waals surface area contributed by atoms with Gasteiger partial charge < -0.3 is 4.74 Å². The van der Waals surface area contributed by atoms with Gasteiger partial charge in [-0.1, -0.05) is 83.9 Å². The summed E-state index contributed by atoms with van der Waals surface area (Å²) >= 11 is 13.7. The molecule has 5 rings (SSSR count). The molecule has 0 fully saturated rings. The van der Waals surface area contributed by atoms with Gasteiger partial charge in [0.2, 0.25) is 0 Å². The van der Waals surface area contributed by atoms with Crippen molar-refractivity contribution >= 4 is 41.2 Å². The van der Waals surface area contributed by atoms with Gasteiger partial charge in [0.05, 0.1) is 12.2 Å². The van der Waals surface area contributed by atoms with Gasteiger partial charge in [0.15, 0.2) is 0 Å². The Morgan fingerprint density at radius 1 is 0.763 bits per heavy atom. The zero-order chi connectivity index (χ0) is 26.2. The molecule has 0 amide bonds. The van der Waals surface area contributed by atoms with E-state index in [1.807, 2.05) is 115 Å². The summed E-state index contributed by atoms with van der Waals surface area (Å²) in [6, 6.07) is 37.5. The van der Waals surface area contributed by atoms with Crippen molar-refractivity contribution in [2.75, 3.05) is 0 Å². The van der Waals surface area contributed by atoms with Gasteiger partial charge in [-0.15, -0.1) is 0 Å². The summed E-state index contributed by atoms with van der Waals surface area (Å²) in [6.07, 6.45) is 1.84. The van der Waals surface area contributed by atoms with Crippen LogP contribution in [0.1, 0.15) is 5.56 Å². The highest BCUT2D eigenvalue weighted by Crippen LogP contribution is 2.32. The van der Waals surface area contributed by atoms with Crippen LogP contribution in [0, 0.1) is 0 Å². The minimum Gasteiger partial charge on any atom is -0.426 e. The lowest BCUT2D eigenvalue weighted by molar-refractivity contribution is 0.531. The van der Waals surface area contributed by atoms with Crippen LogP contribution < -0.4 is 9.46 Å². The molecule has 0 radical (unpaired) electrons. The highest BCUT2D eigenvalue weighted by Gasteiger charge is 2.12. The maximum absolute atomic E-state index is 6.16. The average molecular weight is 557 g/mol. The van der Waals surface area contributed by atoms with E-state index in [0.717, 1.165) is 32.8 Å². The predicted molar refractivity (Wildman–Crippen MR) is 159 cm³/mol. The molecule has 1 N–H and O–H groups in total. The van der Waals surface area contributed by atoms with Crippen LogP contribution in [0.2, 0.25) is 10.0 Å². The summed E-state index contributed by atoms with van der Waals surface area (Å²) < 4.78 is 9.31. The number of nitrogens with zero attached hydrogens (tertiary/aromatic N) is 2. The van der Waals surface area contributed by atoms with Gasteiger partial charge in [-0.3, -0.25) is 9.71 Å². The van der Waals surface area contributed by atoms with E-state index in [1.165, 1.54) is 11.9 Å². The van der Waals surface area contributed by atoms with Crippen molar-refractivity contribution in [3.8, 4) is 28.1 Å². The number of para-hydroxylation sites is 1. The Morgan fingerprint density at radius 2 is 1.37 bits per heavy atom. The number of aromatic nitrogens is 1. The second-order valence-electron chi connectivity index (χ2n) is 8.31. The van der Waals surface area contributed by atoms with E-state index in [1.54, 1.807) is 0 Å². The van der Waals surface area contributed by atoms with Gasteiger partial charge in [0.25, 0.3) is 0 Å². The van der Waals surface area contributed by atoms with E-state index in [2.05, 4.69) is 10.8 Å². The lowest BCUT2D eigenvalue weighted by Gasteiger charge is -2.13. The Hall–Kier alpha value is -3.77. The monoisotopic (exact) mass is 555 g/mol. The number of nitrogens with one attached hydrogen (secondary N) is 1. The van der Waals surface area contributed by atoms with Crippen molar-refractivity contribution in [1.29, 1.82) is 0 Å². The first-order valence-electron chi connectivity index (χ1n) is 11.9. The summed E-state index contributed by atoms with van der Waals surface area (Å²) in [5.74, 6) is 0.700. The number of amidine groups is 1. The van der Waals surface area contributed by atoms with E-state index in [4.69, 9.17) is 37.9 Å². The molecule has 1 heterocycles. The molecule has 188 valence electrons. The number of halogens is 2. The summed E-state index contributed by atoms with van der Waals surface area (Å²) in [7, 11) is 0. The molecule has 4 aromatic carbocycles. The van der Waals surface area contributed by atoms with Crippen LogP contribution in [0.15, 0.2) is 131 Å². The van der Waals surface area contributed by atoms with Crippen LogP contribution in [0.25, 0.3) is 22.4 Å². The fourth-order valence-corrected chi connectivity index (χ4v) is 4.58. The SMILES string of the molecule is Clc1ccc(-c2cc(CN=C(NSc3ccccc3)Oc3ccccc3)cnc2-c2ccc(Cl)cc2)cc1. The summed E-state index contributed by atoms with van der Waals surface area (Å²) in [5.41, 5.74) is 4.76. The van der Waals surface area contributed by atoms with E-state index in [0.29, 0.717) is 28.4 Å². The third-order valence-electron chi connectivity index (χ3n) is 5.58. The van der Waals surface area contributed by atoms with Crippen LogP contribution in [0.3, 0.4) is 0 Å². The third kappa shape index (κ3) is 6.95. The zero-order valence-corrected chi connectivity index (χ0v) is 22.5. The molecule has 0 saturated heterocycles. The van der Waals surface area contributed by atoms with E-state index in [9.17, 15) is 0 Å². The molecule has 0 bridgehead atoms. The average Bonchev–Trinajstić information content (AvgIpc) is 2.96. The minimum atomic E-state index is 0.374. The van der Waals surface area contributed by atoms with Gasteiger partial charge in [0, 0.05) is 32.3 Å². The normalized spacial score (nSPS) is 11.3. The van der Waals surface area contributed by atoms with Crippen LogP contribution in [-0.4, -0.2) is 11.0 Å². The molecule has 0 aliphatic heterocycles. The molecule has 0 saturated carbocycles. The second kappa shape index (κ2) is 12.7. The standard InChI is InChI=1S/C31H23Cl2N3OS/c32-25-15-11-23(12-16-25)29-19-22(20-34-30(29)24-13-17-26(33)18-14-24)21-35-31(37-27-7-3-1-4-8-27)36-38-28-9-5-2-6-10-28/h1-20H,21H2,(H,35,36). The molecule has 0 aliphatic carbocycles. The fraction of sp³-hybridized carbons (Fsp3) is 0.0323. The number of pyridine rings is 1. The van der Waals surface area contributed by atoms with Gasteiger partial charge in [-0.05, 0) is 77.7 Å². The van der Waals surface area contributed by atoms with Crippen molar-refractivity contribution in [3.63, 3.8) is 0 Å². The number of ether oxygens (including phenoxy) is 1. The quantitative estimate of drug-likeness (QED) is 0.124. The Bertz CT molecular complexity index is 1510. The third-order valence-corrected chi connectivity index (χ3v) is 6.87. The maximum atomic E-state index is 6.16. The number of hydrogen-bond donors (Lipinski definition) is 1. The van der Waals surface area contributed by atoms with Crippen LogP contribution in [0.5, 0.6) is 5.75 Å². The fourth-order valence-electron chi connectivity index (χ4n) is 3.72. The molecule has 5 aromatic rings. The number of hydrogen-bond acceptors (Lipinski definition) is 4. The first kappa shape index (κ1) is 25.9. The largest absolute Gasteiger partial charge is 0.426 e. The first-order chi connectivity index (χ1) is 18.6. The number of aliphatic imine (C=N–C) groups is 1. The van der Waals surface area contributed by atoms with Gasteiger partial charge >= 0.3 is 6.02 Å². The molecule has 4 nitrogen and oxygen atoms in total. The van der Waals surface area contributed by atoms with Crippen molar-refractivity contribution in [1.82, 2.24) is 9.71 Å². The van der Waals surface area contributed by atoms with Crippen LogP contribution in [-0.2, 0) is 6.54 Å². The van der Waals surface area contributed by atoms with E-state index in [-0.39, 0.29) is 0 Å². The zero-order valence-electron chi connectivity index (χ0n) is 20.2. The Kier molecular flexibility index (Phi) is 8.61. The van der Waals surface area contributed by atoms with Crippen LogP contribution in [0.4, 0.5) is 0 Å². The molecule has 0 aliphatic rings. The highest BCUT2D eigenvalue weighted by atomic mass is 35.5. The smallest absolute Gasteiger partial charge is 0.301 e.